The standard InChI is InChI=1S/C17H26BrNO/c1-14-5-7-15(8-6-14)9-10-19-11-12-20-17-4-2-3-16(18)13-17/h2-4,13-15,19H,5-12H2,1H3. The van der Waals surface area contributed by atoms with Gasteiger partial charge in [-0.2, -0.15) is 0 Å². The van der Waals surface area contributed by atoms with E-state index in [2.05, 4.69) is 28.2 Å². The lowest BCUT2D eigenvalue weighted by molar-refractivity contribution is 0.269. The summed E-state index contributed by atoms with van der Waals surface area (Å²) in [6.07, 6.45) is 7.03. The molecule has 0 bridgehead atoms. The van der Waals surface area contributed by atoms with Crippen LogP contribution in [-0.2, 0) is 0 Å². The predicted octanol–water partition coefficient (Wildman–Crippen LogP) is 4.63. The van der Waals surface area contributed by atoms with Gasteiger partial charge in [-0.25, -0.2) is 0 Å². The summed E-state index contributed by atoms with van der Waals surface area (Å²) < 4.78 is 6.76. The molecule has 20 heavy (non-hydrogen) atoms. The summed E-state index contributed by atoms with van der Waals surface area (Å²) in [5.74, 6) is 2.84. The molecule has 1 aliphatic rings. The van der Waals surface area contributed by atoms with Gasteiger partial charge in [0, 0.05) is 11.0 Å². The quantitative estimate of drug-likeness (QED) is 0.731. The summed E-state index contributed by atoms with van der Waals surface area (Å²) in [6.45, 7) is 5.17. The third-order valence-electron chi connectivity index (χ3n) is 4.21. The molecule has 0 spiro atoms. The third kappa shape index (κ3) is 5.84. The largest absolute Gasteiger partial charge is 0.492 e. The maximum absolute atomic E-state index is 5.70. The van der Waals surface area contributed by atoms with E-state index in [1.165, 1.54) is 32.1 Å². The minimum absolute atomic E-state index is 0.734. The smallest absolute Gasteiger partial charge is 0.120 e. The van der Waals surface area contributed by atoms with Crippen molar-refractivity contribution in [2.75, 3.05) is 19.7 Å². The third-order valence-corrected chi connectivity index (χ3v) is 4.70. The molecule has 2 nitrogen and oxygen atoms in total. The van der Waals surface area contributed by atoms with Gasteiger partial charge in [-0.05, 0) is 43.0 Å². The highest BCUT2D eigenvalue weighted by molar-refractivity contribution is 9.10. The molecule has 0 radical (unpaired) electrons. The van der Waals surface area contributed by atoms with Gasteiger partial charge < -0.3 is 10.1 Å². The molecule has 1 N–H and O–H groups in total. The van der Waals surface area contributed by atoms with Crippen LogP contribution in [0.3, 0.4) is 0 Å². The molecule has 0 aromatic heterocycles. The number of hydrogen-bond donors (Lipinski definition) is 1. The average Bonchev–Trinajstić information content (AvgIpc) is 2.45. The van der Waals surface area contributed by atoms with E-state index in [0.717, 1.165) is 41.8 Å². The normalized spacial score (nSPS) is 22.7. The lowest BCUT2D eigenvalue weighted by Crippen LogP contribution is -2.24. The molecule has 0 amide bonds. The maximum Gasteiger partial charge on any atom is 0.120 e. The highest BCUT2D eigenvalue weighted by Crippen LogP contribution is 2.29. The summed E-state index contributed by atoms with van der Waals surface area (Å²) in [4.78, 5) is 0. The minimum Gasteiger partial charge on any atom is -0.492 e. The van der Waals surface area contributed by atoms with E-state index >= 15 is 0 Å². The number of halogens is 1. The summed E-state index contributed by atoms with van der Waals surface area (Å²) in [5, 5.41) is 3.49. The van der Waals surface area contributed by atoms with E-state index < -0.39 is 0 Å². The van der Waals surface area contributed by atoms with Gasteiger partial charge in [0.25, 0.3) is 0 Å². The van der Waals surface area contributed by atoms with Crippen LogP contribution in [0.5, 0.6) is 5.75 Å². The first-order valence-corrected chi connectivity index (χ1v) is 8.62. The molecular formula is C17H26BrNO. The molecule has 0 aliphatic heterocycles. The second-order valence-corrected chi connectivity index (χ2v) is 6.89. The Balaban J connectivity index is 1.49. The first-order valence-electron chi connectivity index (χ1n) is 7.83. The summed E-state index contributed by atoms with van der Waals surface area (Å²) >= 11 is 3.45. The Morgan fingerprint density at radius 1 is 1.20 bits per heavy atom. The molecule has 1 aliphatic carbocycles. The fraction of sp³-hybridized carbons (Fsp3) is 0.647. The van der Waals surface area contributed by atoms with E-state index in [1.807, 2.05) is 24.3 Å². The molecule has 1 saturated carbocycles. The Labute approximate surface area is 131 Å². The monoisotopic (exact) mass is 339 g/mol. The van der Waals surface area contributed by atoms with E-state index in [0.29, 0.717) is 0 Å². The Morgan fingerprint density at radius 3 is 2.75 bits per heavy atom. The second-order valence-electron chi connectivity index (χ2n) is 5.97. The SMILES string of the molecule is CC1CCC(CCNCCOc2cccc(Br)c2)CC1. The lowest BCUT2D eigenvalue weighted by atomic mass is 9.81. The Kier molecular flexibility index (Phi) is 6.88. The lowest BCUT2D eigenvalue weighted by Gasteiger charge is -2.26. The first kappa shape index (κ1) is 15.8. The summed E-state index contributed by atoms with van der Waals surface area (Å²) in [6, 6.07) is 8.00. The average molecular weight is 340 g/mol. The molecule has 112 valence electrons. The van der Waals surface area contributed by atoms with Gasteiger partial charge >= 0.3 is 0 Å². The van der Waals surface area contributed by atoms with Crippen LogP contribution in [-0.4, -0.2) is 19.7 Å². The maximum atomic E-state index is 5.70. The van der Waals surface area contributed by atoms with Crippen LogP contribution in [0, 0.1) is 11.8 Å². The van der Waals surface area contributed by atoms with Crippen LogP contribution < -0.4 is 10.1 Å². The van der Waals surface area contributed by atoms with Crippen LogP contribution >= 0.6 is 15.9 Å². The van der Waals surface area contributed by atoms with Crippen LogP contribution in [0.2, 0.25) is 0 Å². The molecule has 2 rings (SSSR count). The minimum atomic E-state index is 0.734. The molecule has 1 aromatic rings. The van der Waals surface area contributed by atoms with Gasteiger partial charge in [0.15, 0.2) is 0 Å². The van der Waals surface area contributed by atoms with Crippen molar-refractivity contribution in [3.05, 3.63) is 28.7 Å². The fourth-order valence-corrected chi connectivity index (χ4v) is 3.23. The molecule has 0 unspecified atom stereocenters. The molecule has 0 heterocycles. The van der Waals surface area contributed by atoms with Crippen molar-refractivity contribution in [3.8, 4) is 5.75 Å². The predicted molar refractivity (Wildman–Crippen MR) is 88.2 cm³/mol. The first-order chi connectivity index (χ1) is 9.74. The fourth-order valence-electron chi connectivity index (χ4n) is 2.85. The van der Waals surface area contributed by atoms with Crippen molar-refractivity contribution in [1.82, 2.24) is 5.32 Å². The zero-order valence-electron chi connectivity index (χ0n) is 12.4. The number of ether oxygens (including phenoxy) is 1. The Hall–Kier alpha value is -0.540. The van der Waals surface area contributed by atoms with Gasteiger partial charge in [0.1, 0.15) is 12.4 Å². The molecule has 0 saturated heterocycles. The molecular weight excluding hydrogens is 314 g/mol. The van der Waals surface area contributed by atoms with Crippen molar-refractivity contribution < 1.29 is 4.74 Å². The van der Waals surface area contributed by atoms with Gasteiger partial charge in [-0.3, -0.25) is 0 Å². The highest BCUT2D eigenvalue weighted by Gasteiger charge is 2.17. The van der Waals surface area contributed by atoms with Crippen molar-refractivity contribution in [1.29, 1.82) is 0 Å². The van der Waals surface area contributed by atoms with E-state index in [9.17, 15) is 0 Å². The Bertz CT molecular complexity index is 388. The van der Waals surface area contributed by atoms with E-state index in [4.69, 9.17) is 4.74 Å². The number of rotatable bonds is 7. The highest BCUT2D eigenvalue weighted by atomic mass is 79.9. The number of nitrogens with one attached hydrogen (secondary N) is 1. The van der Waals surface area contributed by atoms with Crippen LogP contribution in [0.4, 0.5) is 0 Å². The van der Waals surface area contributed by atoms with Crippen LogP contribution in [0.1, 0.15) is 39.0 Å². The summed E-state index contributed by atoms with van der Waals surface area (Å²) in [5.41, 5.74) is 0. The van der Waals surface area contributed by atoms with E-state index in [1.54, 1.807) is 0 Å². The second kappa shape index (κ2) is 8.68. The van der Waals surface area contributed by atoms with Gasteiger partial charge in [-0.1, -0.05) is 54.6 Å². The van der Waals surface area contributed by atoms with E-state index in [-0.39, 0.29) is 0 Å². The van der Waals surface area contributed by atoms with Crippen LogP contribution in [0.15, 0.2) is 28.7 Å². The van der Waals surface area contributed by atoms with Gasteiger partial charge in [0.2, 0.25) is 0 Å². The van der Waals surface area contributed by atoms with Crippen molar-refractivity contribution in [2.24, 2.45) is 11.8 Å². The molecule has 1 aromatic carbocycles. The molecule has 1 fully saturated rings. The molecule has 3 heteroatoms. The molecule has 0 atom stereocenters. The van der Waals surface area contributed by atoms with Crippen molar-refractivity contribution >= 4 is 15.9 Å². The number of benzene rings is 1. The zero-order valence-corrected chi connectivity index (χ0v) is 14.0. The Morgan fingerprint density at radius 2 is 2.00 bits per heavy atom. The van der Waals surface area contributed by atoms with Crippen molar-refractivity contribution in [2.45, 2.75) is 39.0 Å². The number of hydrogen-bond acceptors (Lipinski definition) is 2. The van der Waals surface area contributed by atoms with Crippen molar-refractivity contribution in [3.63, 3.8) is 0 Å². The zero-order chi connectivity index (χ0) is 14.2. The topological polar surface area (TPSA) is 21.3 Å². The van der Waals surface area contributed by atoms with Gasteiger partial charge in [-0.15, -0.1) is 0 Å². The summed E-state index contributed by atoms with van der Waals surface area (Å²) in [7, 11) is 0. The van der Waals surface area contributed by atoms with Gasteiger partial charge in [0.05, 0.1) is 0 Å². The van der Waals surface area contributed by atoms with Crippen LogP contribution in [0.25, 0.3) is 0 Å².